The van der Waals surface area contributed by atoms with Crippen molar-refractivity contribution in [3.05, 3.63) is 89.0 Å². The van der Waals surface area contributed by atoms with Crippen molar-refractivity contribution in [2.24, 2.45) is 0 Å². The maximum Gasteiger partial charge on any atom is 0.270 e. The number of amides is 1. The first-order chi connectivity index (χ1) is 14.0. The lowest BCUT2D eigenvalue weighted by Crippen LogP contribution is -3.00. The summed E-state index contributed by atoms with van der Waals surface area (Å²) in [5, 5.41) is 14.7. The third-order valence-corrected chi connectivity index (χ3v) is 4.57. The van der Waals surface area contributed by atoms with Crippen LogP contribution in [0.4, 0.5) is 11.4 Å². The summed E-state index contributed by atoms with van der Waals surface area (Å²) in [6, 6.07) is 23.8. The molecule has 1 N–H and O–H groups in total. The first-order valence-electron chi connectivity index (χ1n) is 9.04. The molecule has 0 atom stereocenters. The number of benzene rings is 3. The Labute approximate surface area is 179 Å². The number of rotatable bonds is 4. The molecule has 0 spiro atoms. The zero-order valence-corrected chi connectivity index (χ0v) is 16.8. The summed E-state index contributed by atoms with van der Waals surface area (Å²) in [4.78, 5) is 27.0. The van der Waals surface area contributed by atoms with Crippen molar-refractivity contribution < 1.29 is 22.1 Å². The average Bonchev–Trinajstić information content (AvgIpc) is 2.73. The van der Waals surface area contributed by atoms with Crippen LogP contribution in [0, 0.1) is 10.1 Å². The van der Waals surface area contributed by atoms with Gasteiger partial charge in [-0.05, 0) is 35.4 Å². The van der Waals surface area contributed by atoms with E-state index in [0.29, 0.717) is 16.6 Å². The molecule has 0 bridgehead atoms. The minimum atomic E-state index is -0.404. The Morgan fingerprint density at radius 1 is 0.933 bits per heavy atom. The molecule has 0 aliphatic rings. The zero-order valence-electron chi connectivity index (χ0n) is 16.0. The number of pyridine rings is 1. The molecule has 1 heterocycles. The Morgan fingerprint density at radius 3 is 2.37 bits per heavy atom. The molecule has 0 fully saturated rings. The van der Waals surface area contributed by atoms with Crippen LogP contribution in [0.5, 0.6) is 0 Å². The highest BCUT2D eigenvalue weighted by Gasteiger charge is 2.14. The highest BCUT2D eigenvalue weighted by Crippen LogP contribution is 2.34. The highest BCUT2D eigenvalue weighted by atomic mass is 35.5. The van der Waals surface area contributed by atoms with Gasteiger partial charge in [0.05, 0.1) is 16.1 Å². The summed E-state index contributed by atoms with van der Waals surface area (Å²) in [7, 11) is 0. The largest absolute Gasteiger partial charge is 1.00 e. The predicted molar refractivity (Wildman–Crippen MR) is 114 cm³/mol. The van der Waals surface area contributed by atoms with Gasteiger partial charge in [0.15, 0.2) is 0 Å². The molecular weight excluding hydrogens is 402 g/mol. The quantitative estimate of drug-likeness (QED) is 0.407. The first kappa shape index (κ1) is 21.0. The van der Waals surface area contributed by atoms with Crippen LogP contribution < -0.4 is 17.7 Å². The molecule has 6 nitrogen and oxygen atoms in total. The van der Waals surface area contributed by atoms with E-state index in [1.54, 1.807) is 12.1 Å². The zero-order chi connectivity index (χ0) is 20.4. The Balaban J connectivity index is 0.00000256. The fourth-order valence-corrected chi connectivity index (χ4v) is 3.29. The Bertz CT molecular complexity index is 1240. The van der Waals surface area contributed by atoms with Crippen molar-refractivity contribution in [1.82, 2.24) is 4.98 Å². The predicted octanol–water partition coefficient (Wildman–Crippen LogP) is 2.44. The van der Waals surface area contributed by atoms with E-state index in [4.69, 9.17) is 4.98 Å². The fourth-order valence-electron chi connectivity index (χ4n) is 3.29. The van der Waals surface area contributed by atoms with Gasteiger partial charge in [-0.15, -0.1) is 0 Å². The lowest BCUT2D eigenvalue weighted by Gasteiger charge is -2.11. The lowest BCUT2D eigenvalue weighted by molar-refractivity contribution is -0.384. The maximum absolute atomic E-state index is 11.4. The van der Waals surface area contributed by atoms with Crippen molar-refractivity contribution in [3.8, 4) is 22.4 Å². The number of carbonyl (C=O) groups excluding carboxylic acids is 1. The van der Waals surface area contributed by atoms with E-state index in [1.165, 1.54) is 13.0 Å². The summed E-state index contributed by atoms with van der Waals surface area (Å²) in [5.74, 6) is -0.147. The number of hydrogen-bond acceptors (Lipinski definition) is 4. The second-order valence-corrected chi connectivity index (χ2v) is 6.64. The number of nitrogens with zero attached hydrogens (tertiary/aromatic N) is 2. The summed E-state index contributed by atoms with van der Waals surface area (Å²) in [5.41, 5.74) is 4.74. The molecule has 0 aliphatic carbocycles. The summed E-state index contributed by atoms with van der Waals surface area (Å²) in [6.07, 6.45) is 0. The number of fused-ring (bicyclic) bond motifs is 1. The van der Waals surface area contributed by atoms with Crippen LogP contribution in [0.3, 0.4) is 0 Å². The second-order valence-electron chi connectivity index (χ2n) is 6.64. The SMILES string of the molecule is CC(=O)Nc1cccc(-c2cc(-c3ccccc3)c3cc([N+](=O)[O-])ccc3n2)c1.[Cl-]. The van der Waals surface area contributed by atoms with E-state index in [1.807, 2.05) is 60.7 Å². The number of nitro groups is 1. The molecule has 0 aliphatic heterocycles. The van der Waals surface area contributed by atoms with Crippen molar-refractivity contribution in [2.45, 2.75) is 6.92 Å². The van der Waals surface area contributed by atoms with Crippen LogP contribution in [0.1, 0.15) is 6.92 Å². The van der Waals surface area contributed by atoms with Crippen LogP contribution in [-0.4, -0.2) is 15.8 Å². The number of nitro benzene ring substituents is 1. The maximum atomic E-state index is 11.4. The van der Waals surface area contributed by atoms with Crippen LogP contribution in [0.2, 0.25) is 0 Å². The molecule has 1 amide bonds. The molecule has 7 heteroatoms. The van der Waals surface area contributed by atoms with Gasteiger partial charge in [-0.2, -0.15) is 0 Å². The van der Waals surface area contributed by atoms with Crippen LogP contribution in [0.25, 0.3) is 33.3 Å². The van der Waals surface area contributed by atoms with E-state index < -0.39 is 4.92 Å². The van der Waals surface area contributed by atoms with Gasteiger partial charge in [-0.1, -0.05) is 42.5 Å². The molecule has 4 aromatic rings. The topological polar surface area (TPSA) is 85.1 Å². The number of nitrogens with one attached hydrogen (secondary N) is 1. The van der Waals surface area contributed by atoms with E-state index in [9.17, 15) is 14.9 Å². The number of non-ortho nitro benzene ring substituents is 1. The molecule has 0 unspecified atom stereocenters. The molecule has 30 heavy (non-hydrogen) atoms. The standard InChI is InChI=1S/C23H17N3O3.ClH/c1-15(27)24-18-9-5-8-17(12-18)23-14-20(16-6-3-2-4-7-16)21-13-19(26(28)29)10-11-22(21)25-23;/h2-14H,1H3,(H,24,27);1H/p-1. The van der Waals surface area contributed by atoms with Gasteiger partial charge in [-0.25, -0.2) is 4.98 Å². The molecular formula is C23H17ClN3O3-. The van der Waals surface area contributed by atoms with Gasteiger partial charge in [0.2, 0.25) is 5.91 Å². The third kappa shape index (κ3) is 4.29. The Kier molecular flexibility index (Phi) is 6.09. The van der Waals surface area contributed by atoms with Gasteiger partial charge in [0.25, 0.3) is 5.69 Å². The molecule has 0 radical (unpaired) electrons. The van der Waals surface area contributed by atoms with Gasteiger partial charge in [0.1, 0.15) is 0 Å². The monoisotopic (exact) mass is 418 g/mol. The number of aromatic nitrogens is 1. The minimum absolute atomic E-state index is 0. The van der Waals surface area contributed by atoms with Crippen molar-refractivity contribution in [2.75, 3.05) is 5.32 Å². The lowest BCUT2D eigenvalue weighted by atomic mass is 9.98. The molecule has 0 saturated carbocycles. The smallest absolute Gasteiger partial charge is 0.270 e. The number of hydrogen-bond donors (Lipinski definition) is 1. The molecule has 4 rings (SSSR count). The summed E-state index contributed by atoms with van der Waals surface area (Å²) >= 11 is 0. The minimum Gasteiger partial charge on any atom is -1.00 e. The number of anilines is 1. The van der Waals surface area contributed by atoms with E-state index in [-0.39, 0.29) is 24.0 Å². The summed E-state index contributed by atoms with van der Waals surface area (Å²) < 4.78 is 0. The molecule has 0 saturated heterocycles. The Morgan fingerprint density at radius 2 is 1.67 bits per heavy atom. The van der Waals surface area contributed by atoms with Gasteiger partial charge >= 0.3 is 0 Å². The van der Waals surface area contributed by atoms with Gasteiger partial charge < -0.3 is 17.7 Å². The van der Waals surface area contributed by atoms with Crippen LogP contribution in [-0.2, 0) is 4.79 Å². The van der Waals surface area contributed by atoms with E-state index >= 15 is 0 Å². The van der Waals surface area contributed by atoms with Crippen molar-refractivity contribution in [1.29, 1.82) is 0 Å². The van der Waals surface area contributed by atoms with E-state index in [2.05, 4.69) is 5.32 Å². The van der Waals surface area contributed by atoms with Crippen molar-refractivity contribution >= 4 is 28.2 Å². The van der Waals surface area contributed by atoms with Crippen molar-refractivity contribution in [3.63, 3.8) is 0 Å². The van der Waals surface area contributed by atoms with Gasteiger partial charge in [0, 0.05) is 35.7 Å². The van der Waals surface area contributed by atoms with E-state index in [0.717, 1.165) is 22.4 Å². The average molecular weight is 419 g/mol. The number of carbonyl (C=O) groups is 1. The number of halogens is 1. The second kappa shape index (κ2) is 8.71. The Hall–Kier alpha value is -3.77. The van der Waals surface area contributed by atoms with Crippen LogP contribution in [0.15, 0.2) is 78.9 Å². The first-order valence-corrected chi connectivity index (χ1v) is 9.04. The molecule has 1 aromatic heterocycles. The fraction of sp³-hybridized carbons (Fsp3) is 0.0435. The van der Waals surface area contributed by atoms with Gasteiger partial charge in [-0.3, -0.25) is 14.9 Å². The van der Waals surface area contributed by atoms with Crippen LogP contribution >= 0.6 is 0 Å². The summed E-state index contributed by atoms with van der Waals surface area (Å²) in [6.45, 7) is 1.46. The molecule has 3 aromatic carbocycles. The molecule has 150 valence electrons. The highest BCUT2D eigenvalue weighted by molar-refractivity contribution is 5.98. The normalized spacial score (nSPS) is 10.3. The third-order valence-electron chi connectivity index (χ3n) is 4.57.